The van der Waals surface area contributed by atoms with Crippen molar-refractivity contribution in [1.29, 1.82) is 0 Å². The fourth-order valence-electron chi connectivity index (χ4n) is 2.94. The van der Waals surface area contributed by atoms with Gasteiger partial charge in [-0.25, -0.2) is 0 Å². The molecule has 0 atom stereocenters. The van der Waals surface area contributed by atoms with Crippen molar-refractivity contribution < 1.29 is 5.11 Å². The van der Waals surface area contributed by atoms with Crippen molar-refractivity contribution in [3.63, 3.8) is 0 Å². The second-order valence-corrected chi connectivity index (χ2v) is 6.98. The van der Waals surface area contributed by atoms with Gasteiger partial charge < -0.3 is 20.3 Å². The third-order valence-electron chi connectivity index (χ3n) is 4.58. The van der Waals surface area contributed by atoms with Gasteiger partial charge in [-0.2, -0.15) is 0 Å². The van der Waals surface area contributed by atoms with E-state index < -0.39 is 0 Å². The lowest BCUT2D eigenvalue weighted by atomic mass is 10.0. The van der Waals surface area contributed by atoms with Crippen molar-refractivity contribution >= 4 is 33.9 Å². The number of nitrogens with zero attached hydrogens (tertiary/aromatic N) is 1. The Labute approximate surface area is 163 Å². The van der Waals surface area contributed by atoms with Crippen molar-refractivity contribution in [3.8, 4) is 0 Å². The molecule has 0 aliphatic carbocycles. The first-order valence-electron chi connectivity index (χ1n) is 8.83. The monoisotopic (exact) mass is 381 g/mol. The van der Waals surface area contributed by atoms with E-state index in [9.17, 15) is 9.90 Å². The number of anilines is 1. The van der Waals surface area contributed by atoms with Crippen LogP contribution in [0.4, 0.5) is 5.69 Å². The highest BCUT2D eigenvalue weighted by Crippen LogP contribution is 2.18. The number of nitrogens with one attached hydrogen (secondary N) is 2. The molecule has 6 heteroatoms. The number of rotatable bonds is 5. The summed E-state index contributed by atoms with van der Waals surface area (Å²) < 4.78 is 0. The number of pyridine rings is 1. The lowest BCUT2D eigenvalue weighted by molar-refractivity contribution is 0.248. The molecule has 0 saturated heterocycles. The summed E-state index contributed by atoms with van der Waals surface area (Å²) in [7, 11) is 0. The molecule has 0 fully saturated rings. The minimum Gasteiger partial charge on any atom is -0.395 e. The molecular weight excluding hydrogens is 358 g/mol. The molecule has 0 saturated carbocycles. The zero-order valence-electron chi connectivity index (χ0n) is 15.5. The number of H-pyrrole nitrogens is 1. The summed E-state index contributed by atoms with van der Waals surface area (Å²) in [6.07, 6.45) is 0. The fraction of sp³-hybridized carbons (Fsp3) is 0.238. The number of benzene rings is 2. The number of aryl methyl sites for hydroxylation is 2. The van der Waals surface area contributed by atoms with Crippen LogP contribution in [-0.4, -0.2) is 33.3 Å². The second kappa shape index (κ2) is 8.33. The van der Waals surface area contributed by atoms with E-state index in [-0.39, 0.29) is 12.2 Å². The van der Waals surface area contributed by atoms with E-state index in [4.69, 9.17) is 12.2 Å². The van der Waals surface area contributed by atoms with Gasteiger partial charge >= 0.3 is 0 Å². The van der Waals surface area contributed by atoms with Crippen molar-refractivity contribution in [2.75, 3.05) is 18.5 Å². The minimum absolute atomic E-state index is 0.0552. The van der Waals surface area contributed by atoms with Gasteiger partial charge in [-0.05, 0) is 72.9 Å². The van der Waals surface area contributed by atoms with E-state index >= 15 is 0 Å². The van der Waals surface area contributed by atoms with Gasteiger partial charge in [-0.15, -0.1) is 0 Å². The van der Waals surface area contributed by atoms with Crippen molar-refractivity contribution in [2.24, 2.45) is 0 Å². The number of aliphatic hydroxyl groups is 1. The predicted molar refractivity (Wildman–Crippen MR) is 114 cm³/mol. The molecule has 0 amide bonds. The normalized spacial score (nSPS) is 10.8. The lowest BCUT2D eigenvalue weighted by Gasteiger charge is -2.25. The molecule has 0 bridgehead atoms. The SMILES string of the molecule is Cc1cc2cc(CN(CCO)C(=S)Nc3ccccc3)c(=O)[nH]c2cc1C. The number of aliphatic hydroxyl groups excluding tert-OH is 1. The maximum Gasteiger partial charge on any atom is 0.253 e. The molecule has 3 N–H and O–H groups in total. The van der Waals surface area contributed by atoms with E-state index in [0.717, 1.165) is 22.2 Å². The van der Waals surface area contributed by atoms with Crippen molar-refractivity contribution in [2.45, 2.75) is 20.4 Å². The van der Waals surface area contributed by atoms with Crippen LogP contribution in [0.5, 0.6) is 0 Å². The molecule has 1 heterocycles. The highest BCUT2D eigenvalue weighted by Gasteiger charge is 2.13. The Kier molecular flexibility index (Phi) is 5.88. The number of hydrogen-bond donors (Lipinski definition) is 3. The quantitative estimate of drug-likeness (QED) is 0.592. The topological polar surface area (TPSA) is 68.4 Å². The van der Waals surface area contributed by atoms with Crippen LogP contribution in [0.15, 0.2) is 53.3 Å². The van der Waals surface area contributed by atoms with E-state index in [0.29, 0.717) is 23.8 Å². The number of aromatic nitrogens is 1. The molecule has 0 aliphatic rings. The first-order valence-corrected chi connectivity index (χ1v) is 9.24. The maximum atomic E-state index is 12.5. The summed E-state index contributed by atoms with van der Waals surface area (Å²) in [6.45, 7) is 4.68. The smallest absolute Gasteiger partial charge is 0.253 e. The van der Waals surface area contributed by atoms with E-state index in [1.54, 1.807) is 4.90 Å². The molecule has 140 valence electrons. The summed E-state index contributed by atoms with van der Waals surface area (Å²) in [4.78, 5) is 17.3. The summed E-state index contributed by atoms with van der Waals surface area (Å²) in [5.41, 5.74) is 4.47. The first-order chi connectivity index (χ1) is 13.0. The largest absolute Gasteiger partial charge is 0.395 e. The number of fused-ring (bicyclic) bond motifs is 1. The van der Waals surface area contributed by atoms with Crippen LogP contribution < -0.4 is 10.9 Å². The molecule has 1 aromatic heterocycles. The Morgan fingerprint density at radius 1 is 1.15 bits per heavy atom. The van der Waals surface area contributed by atoms with Gasteiger partial charge in [0.05, 0.1) is 13.2 Å². The Hall–Kier alpha value is -2.70. The van der Waals surface area contributed by atoms with E-state index in [2.05, 4.69) is 23.3 Å². The average molecular weight is 382 g/mol. The molecule has 3 aromatic rings. The molecule has 0 unspecified atom stereocenters. The zero-order chi connectivity index (χ0) is 19.4. The molecule has 0 spiro atoms. The maximum absolute atomic E-state index is 12.5. The van der Waals surface area contributed by atoms with Crippen LogP contribution in [0.1, 0.15) is 16.7 Å². The van der Waals surface area contributed by atoms with Crippen molar-refractivity contribution in [3.05, 3.63) is 75.6 Å². The van der Waals surface area contributed by atoms with Gasteiger partial charge in [0.25, 0.3) is 5.56 Å². The summed E-state index contributed by atoms with van der Waals surface area (Å²) in [6, 6.07) is 15.5. The molecular formula is C21H23N3O2S. The Morgan fingerprint density at radius 2 is 1.85 bits per heavy atom. The number of thiocarbonyl (C=S) groups is 1. The molecule has 0 aliphatic heterocycles. The van der Waals surface area contributed by atoms with Gasteiger partial charge in [0.1, 0.15) is 0 Å². The second-order valence-electron chi connectivity index (χ2n) is 6.59. The number of aromatic amines is 1. The van der Waals surface area contributed by atoms with Crippen LogP contribution >= 0.6 is 12.2 Å². The third kappa shape index (κ3) is 4.53. The van der Waals surface area contributed by atoms with E-state index in [1.165, 1.54) is 5.56 Å². The molecule has 3 rings (SSSR count). The van der Waals surface area contributed by atoms with Crippen LogP contribution in [0.3, 0.4) is 0 Å². The number of hydrogen-bond acceptors (Lipinski definition) is 3. The highest BCUT2D eigenvalue weighted by atomic mass is 32.1. The lowest BCUT2D eigenvalue weighted by Crippen LogP contribution is -2.37. The standard InChI is InChI=1S/C21H23N3O2S/c1-14-10-16-12-17(20(26)23-19(16)11-15(14)2)13-24(8-9-25)21(27)22-18-6-4-3-5-7-18/h3-7,10-12,25H,8-9,13H2,1-2H3,(H,22,27)(H,23,26). The fourth-order valence-corrected chi connectivity index (χ4v) is 3.22. The Morgan fingerprint density at radius 3 is 2.56 bits per heavy atom. The molecule has 27 heavy (non-hydrogen) atoms. The first kappa shape index (κ1) is 19.1. The molecule has 5 nitrogen and oxygen atoms in total. The molecule has 2 aromatic carbocycles. The van der Waals surface area contributed by atoms with Crippen LogP contribution in [0, 0.1) is 13.8 Å². The summed E-state index contributed by atoms with van der Waals surface area (Å²) in [5.74, 6) is 0. The number of para-hydroxylation sites is 1. The summed E-state index contributed by atoms with van der Waals surface area (Å²) >= 11 is 5.49. The molecule has 0 radical (unpaired) electrons. The Balaban J connectivity index is 1.87. The van der Waals surface area contributed by atoms with Gasteiger partial charge in [0, 0.05) is 23.3 Å². The van der Waals surface area contributed by atoms with Gasteiger partial charge in [0.2, 0.25) is 0 Å². The summed E-state index contributed by atoms with van der Waals surface area (Å²) in [5, 5.41) is 14.0. The Bertz CT molecular complexity index is 1020. The average Bonchev–Trinajstić information content (AvgIpc) is 2.64. The van der Waals surface area contributed by atoms with Gasteiger partial charge in [0.15, 0.2) is 5.11 Å². The van der Waals surface area contributed by atoms with Gasteiger partial charge in [-0.1, -0.05) is 18.2 Å². The van der Waals surface area contributed by atoms with Crippen LogP contribution in [0.2, 0.25) is 0 Å². The highest BCUT2D eigenvalue weighted by molar-refractivity contribution is 7.80. The van der Waals surface area contributed by atoms with Crippen LogP contribution in [0.25, 0.3) is 10.9 Å². The predicted octanol–water partition coefficient (Wildman–Crippen LogP) is 3.34. The van der Waals surface area contributed by atoms with Gasteiger partial charge in [-0.3, -0.25) is 4.79 Å². The van der Waals surface area contributed by atoms with Crippen molar-refractivity contribution in [1.82, 2.24) is 9.88 Å². The van der Waals surface area contributed by atoms with Crippen LogP contribution in [-0.2, 0) is 6.54 Å². The third-order valence-corrected chi connectivity index (χ3v) is 4.94. The van der Waals surface area contributed by atoms with E-state index in [1.807, 2.05) is 49.4 Å². The zero-order valence-corrected chi connectivity index (χ0v) is 16.3. The minimum atomic E-state index is -0.142.